The van der Waals surface area contributed by atoms with Gasteiger partial charge in [-0.2, -0.15) is 0 Å². The number of ether oxygens (including phenoxy) is 5. The highest BCUT2D eigenvalue weighted by molar-refractivity contribution is 6.37. The van der Waals surface area contributed by atoms with E-state index < -0.39 is 12.1 Å². The first-order valence-electron chi connectivity index (χ1n) is 7.57. The highest BCUT2D eigenvalue weighted by Gasteiger charge is 2.40. The molecule has 1 aromatic carbocycles. The summed E-state index contributed by atoms with van der Waals surface area (Å²) in [6, 6.07) is 1.75. The highest BCUT2D eigenvalue weighted by atomic mass is 16.7. The molecule has 0 aliphatic carbocycles. The second-order valence-corrected chi connectivity index (χ2v) is 5.28. The van der Waals surface area contributed by atoms with Gasteiger partial charge in [-0.3, -0.25) is 0 Å². The zero-order valence-electron chi connectivity index (χ0n) is 14.0. The summed E-state index contributed by atoms with van der Waals surface area (Å²) in [5, 5.41) is 3.89. The molecular weight excluding hydrogens is 318 g/mol. The molecule has 3 rings (SSSR count). The fourth-order valence-corrected chi connectivity index (χ4v) is 2.79. The van der Waals surface area contributed by atoms with E-state index in [1.165, 1.54) is 14.2 Å². The second kappa shape index (κ2) is 6.46. The molecule has 2 aliphatic heterocycles. The Morgan fingerprint density at radius 2 is 2.04 bits per heavy atom. The Morgan fingerprint density at radius 3 is 2.71 bits per heavy atom. The van der Waals surface area contributed by atoms with Gasteiger partial charge in [0, 0.05) is 5.56 Å². The van der Waals surface area contributed by atoms with Crippen molar-refractivity contribution in [3.8, 4) is 23.0 Å². The van der Waals surface area contributed by atoms with Gasteiger partial charge in [0.1, 0.15) is 0 Å². The van der Waals surface area contributed by atoms with Crippen LogP contribution in [-0.4, -0.2) is 39.3 Å². The molecule has 24 heavy (non-hydrogen) atoms. The maximum atomic E-state index is 12.0. The Balaban J connectivity index is 1.97. The van der Waals surface area contributed by atoms with Gasteiger partial charge in [0.15, 0.2) is 23.3 Å². The summed E-state index contributed by atoms with van der Waals surface area (Å²) in [5.74, 6) is 1.10. The van der Waals surface area contributed by atoms with Crippen LogP contribution in [0.4, 0.5) is 0 Å². The van der Waals surface area contributed by atoms with Gasteiger partial charge in [-0.15, -0.1) is 0 Å². The number of rotatable bonds is 5. The number of carbonyl (C=O) groups excluding carboxylic acids is 1. The van der Waals surface area contributed by atoms with Gasteiger partial charge in [-0.05, 0) is 13.0 Å². The minimum absolute atomic E-state index is 0.0805. The third-order valence-electron chi connectivity index (χ3n) is 3.96. The molecule has 1 aromatic rings. The molecule has 0 spiro atoms. The summed E-state index contributed by atoms with van der Waals surface area (Å²) in [7, 11) is 3.06. The maximum absolute atomic E-state index is 12.0. The predicted octanol–water partition coefficient (Wildman–Crippen LogP) is 2.06. The van der Waals surface area contributed by atoms with E-state index in [1.807, 2.05) is 6.92 Å². The maximum Gasteiger partial charge on any atom is 0.356 e. The average molecular weight is 337 g/mol. The first-order valence-corrected chi connectivity index (χ1v) is 7.57. The number of hydrogen-bond acceptors (Lipinski definition) is 8. The van der Waals surface area contributed by atoms with Gasteiger partial charge in [-0.1, -0.05) is 12.1 Å². The number of oxime groups is 1. The highest BCUT2D eigenvalue weighted by Crippen LogP contribution is 2.53. The summed E-state index contributed by atoms with van der Waals surface area (Å²) in [5.41, 5.74) is 0.898. The van der Waals surface area contributed by atoms with E-state index in [4.69, 9.17) is 28.5 Å². The van der Waals surface area contributed by atoms with Crippen molar-refractivity contribution in [3.63, 3.8) is 0 Å². The van der Waals surface area contributed by atoms with Crippen LogP contribution in [-0.2, 0) is 14.4 Å². The molecule has 0 saturated carbocycles. The quantitative estimate of drug-likeness (QED) is 0.760. The van der Waals surface area contributed by atoms with Crippen molar-refractivity contribution in [2.45, 2.75) is 20.0 Å². The Kier molecular flexibility index (Phi) is 4.37. The van der Waals surface area contributed by atoms with E-state index in [9.17, 15) is 4.79 Å². The third-order valence-corrected chi connectivity index (χ3v) is 3.96. The van der Waals surface area contributed by atoms with Crippen molar-refractivity contribution >= 4 is 11.7 Å². The van der Waals surface area contributed by atoms with Crippen molar-refractivity contribution in [2.75, 3.05) is 27.6 Å². The van der Waals surface area contributed by atoms with Crippen LogP contribution >= 0.6 is 0 Å². The number of nitrogens with zero attached hydrogens (tertiary/aromatic N) is 1. The molecule has 2 atom stereocenters. The van der Waals surface area contributed by atoms with E-state index in [0.29, 0.717) is 28.6 Å². The molecule has 0 bridgehead atoms. The van der Waals surface area contributed by atoms with Gasteiger partial charge in [-0.25, -0.2) is 4.79 Å². The molecule has 0 unspecified atom stereocenters. The molecule has 8 nitrogen and oxygen atoms in total. The topological polar surface area (TPSA) is 84.8 Å². The number of esters is 1. The van der Waals surface area contributed by atoms with Crippen LogP contribution in [0.1, 0.15) is 25.5 Å². The summed E-state index contributed by atoms with van der Waals surface area (Å²) in [6.45, 7) is 3.93. The summed E-state index contributed by atoms with van der Waals surface area (Å²) in [4.78, 5) is 17.5. The normalized spacial score (nSPS) is 21.1. The molecule has 0 amide bonds. The smallest absolute Gasteiger partial charge is 0.356 e. The molecule has 0 radical (unpaired) electrons. The minimum Gasteiger partial charge on any atom is -0.493 e. The third kappa shape index (κ3) is 2.47. The standard InChI is InChI=1S/C16H19NO7/c1-5-21-16(18)11-8(2)12(24-17-11)9-6-10(19-3)14-15(13(9)20-4)23-7-22-14/h6,8,12H,5,7H2,1-4H3/t8-,12+/m0/s1. The Bertz CT molecular complexity index is 685. The van der Waals surface area contributed by atoms with Gasteiger partial charge >= 0.3 is 5.97 Å². The predicted molar refractivity (Wildman–Crippen MR) is 82.7 cm³/mol. The Morgan fingerprint density at radius 1 is 1.29 bits per heavy atom. The van der Waals surface area contributed by atoms with Crippen molar-refractivity contribution in [1.29, 1.82) is 0 Å². The van der Waals surface area contributed by atoms with Crippen molar-refractivity contribution in [3.05, 3.63) is 11.6 Å². The largest absolute Gasteiger partial charge is 0.493 e. The Labute approximate surface area is 139 Å². The van der Waals surface area contributed by atoms with Crippen LogP contribution < -0.4 is 18.9 Å². The fraction of sp³-hybridized carbons (Fsp3) is 0.500. The number of hydrogen-bond donors (Lipinski definition) is 0. The number of fused-ring (bicyclic) bond motifs is 1. The van der Waals surface area contributed by atoms with Gasteiger partial charge in [0.2, 0.25) is 18.3 Å². The molecule has 8 heteroatoms. The van der Waals surface area contributed by atoms with Gasteiger partial charge in [0.25, 0.3) is 0 Å². The average Bonchev–Trinajstić information content (AvgIpc) is 3.20. The molecule has 0 aromatic heterocycles. The minimum atomic E-state index is -0.525. The van der Waals surface area contributed by atoms with Gasteiger partial charge in [0.05, 0.1) is 26.7 Å². The van der Waals surface area contributed by atoms with Gasteiger partial charge < -0.3 is 28.5 Å². The van der Waals surface area contributed by atoms with Crippen LogP contribution in [0.2, 0.25) is 0 Å². The van der Waals surface area contributed by atoms with Crippen molar-refractivity contribution < 1.29 is 33.3 Å². The molecule has 2 heterocycles. The SMILES string of the molecule is CCOC(=O)C1=NO[C@@H](c2cc(OC)c3c(c2OC)OCO3)[C@H]1C. The first kappa shape index (κ1) is 16.2. The molecule has 130 valence electrons. The van der Waals surface area contributed by atoms with Crippen molar-refractivity contribution in [1.82, 2.24) is 0 Å². The molecule has 2 aliphatic rings. The van der Waals surface area contributed by atoms with Crippen LogP contribution in [0.5, 0.6) is 23.0 Å². The van der Waals surface area contributed by atoms with E-state index >= 15 is 0 Å². The van der Waals surface area contributed by atoms with Crippen LogP contribution in [0, 0.1) is 5.92 Å². The van der Waals surface area contributed by atoms with Crippen LogP contribution in [0.3, 0.4) is 0 Å². The first-order chi connectivity index (χ1) is 11.6. The lowest BCUT2D eigenvalue weighted by Gasteiger charge is -2.19. The molecule has 0 N–H and O–H groups in total. The fourth-order valence-electron chi connectivity index (χ4n) is 2.79. The second-order valence-electron chi connectivity index (χ2n) is 5.28. The Hall–Kier alpha value is -2.64. The summed E-state index contributed by atoms with van der Waals surface area (Å²) >= 11 is 0. The lowest BCUT2D eigenvalue weighted by Crippen LogP contribution is -2.24. The van der Waals surface area contributed by atoms with E-state index in [1.54, 1.807) is 13.0 Å². The lowest BCUT2D eigenvalue weighted by atomic mass is 9.92. The van der Waals surface area contributed by atoms with Crippen molar-refractivity contribution in [2.24, 2.45) is 11.1 Å². The van der Waals surface area contributed by atoms with Crippen LogP contribution in [0.25, 0.3) is 0 Å². The van der Waals surface area contributed by atoms with E-state index in [-0.39, 0.29) is 25.0 Å². The number of methoxy groups -OCH3 is 2. The number of benzene rings is 1. The zero-order chi connectivity index (χ0) is 17.3. The summed E-state index contributed by atoms with van der Waals surface area (Å²) < 4.78 is 26.8. The number of carbonyl (C=O) groups is 1. The van der Waals surface area contributed by atoms with Crippen LogP contribution in [0.15, 0.2) is 11.2 Å². The monoisotopic (exact) mass is 337 g/mol. The molecule has 0 fully saturated rings. The summed E-state index contributed by atoms with van der Waals surface area (Å²) in [6.07, 6.45) is -0.525. The van der Waals surface area contributed by atoms with E-state index in [2.05, 4.69) is 5.16 Å². The molecule has 0 saturated heterocycles. The molecular formula is C16H19NO7. The zero-order valence-corrected chi connectivity index (χ0v) is 14.0. The van der Waals surface area contributed by atoms with E-state index in [0.717, 1.165) is 0 Å². The lowest BCUT2D eigenvalue weighted by molar-refractivity contribution is -0.135.